The molecule has 0 saturated carbocycles. The highest BCUT2D eigenvalue weighted by atomic mass is 79.9. The van der Waals surface area contributed by atoms with Crippen molar-refractivity contribution in [3.8, 4) is 5.88 Å². The quantitative estimate of drug-likeness (QED) is 0.851. The Morgan fingerprint density at radius 1 is 1.24 bits per heavy atom. The van der Waals surface area contributed by atoms with Gasteiger partial charge in [0.05, 0.1) is 5.56 Å². The molecular weight excluding hydrogens is 330 g/mol. The maximum atomic E-state index is 5.90. The lowest BCUT2D eigenvalue weighted by atomic mass is 10.2. The Labute approximate surface area is 134 Å². The van der Waals surface area contributed by atoms with Crippen molar-refractivity contribution in [3.05, 3.63) is 45.7 Å². The third kappa shape index (κ3) is 4.17. The molecule has 0 aliphatic rings. The molecule has 5 heteroatoms. The van der Waals surface area contributed by atoms with E-state index in [0.717, 1.165) is 40.2 Å². The molecule has 0 saturated heterocycles. The van der Waals surface area contributed by atoms with Crippen LogP contribution in [0.2, 0.25) is 0 Å². The number of hydrogen-bond acceptors (Lipinski definition) is 4. The van der Waals surface area contributed by atoms with Gasteiger partial charge in [-0.05, 0) is 31.5 Å². The Kier molecular flexibility index (Phi) is 5.56. The molecule has 0 spiro atoms. The molecule has 1 heterocycles. The first-order chi connectivity index (χ1) is 10.1. The molecule has 1 aromatic heterocycles. The molecule has 112 valence electrons. The molecule has 0 radical (unpaired) electrons. The van der Waals surface area contributed by atoms with Crippen molar-refractivity contribution < 1.29 is 4.74 Å². The first-order valence-corrected chi connectivity index (χ1v) is 7.92. The highest BCUT2D eigenvalue weighted by molar-refractivity contribution is 9.10. The summed E-state index contributed by atoms with van der Waals surface area (Å²) >= 11 is 3.47. The van der Waals surface area contributed by atoms with Gasteiger partial charge in [-0.15, -0.1) is 0 Å². The average Bonchev–Trinajstić information content (AvgIpc) is 2.48. The molecule has 0 atom stereocenters. The third-order valence-corrected chi connectivity index (χ3v) is 3.57. The third-order valence-electron chi connectivity index (χ3n) is 3.07. The Balaban J connectivity index is 2.20. The van der Waals surface area contributed by atoms with Crippen molar-refractivity contribution in [1.82, 2.24) is 9.97 Å². The Morgan fingerprint density at radius 3 is 2.71 bits per heavy atom. The first-order valence-electron chi connectivity index (χ1n) is 7.12. The predicted molar refractivity (Wildman–Crippen MR) is 88.8 cm³/mol. The van der Waals surface area contributed by atoms with Gasteiger partial charge in [0.2, 0.25) is 5.88 Å². The first kappa shape index (κ1) is 15.8. The lowest BCUT2D eigenvalue weighted by molar-refractivity contribution is 0.290. The van der Waals surface area contributed by atoms with Gasteiger partial charge >= 0.3 is 0 Å². The summed E-state index contributed by atoms with van der Waals surface area (Å²) in [5.41, 5.74) is 2.05. The van der Waals surface area contributed by atoms with Crippen molar-refractivity contribution in [1.29, 1.82) is 0 Å². The zero-order valence-corrected chi connectivity index (χ0v) is 14.2. The van der Waals surface area contributed by atoms with E-state index in [4.69, 9.17) is 4.74 Å². The van der Waals surface area contributed by atoms with Crippen LogP contribution in [0.5, 0.6) is 5.88 Å². The standard InChI is InChI=1S/C16H20BrN3O/c1-4-14-19-15(18-5-2)11(3)16(20-14)21-10-12-7-6-8-13(17)9-12/h6-9H,4-5,10H2,1-3H3,(H,18,19,20). The van der Waals surface area contributed by atoms with Crippen LogP contribution in [-0.2, 0) is 13.0 Å². The number of ether oxygens (including phenoxy) is 1. The summed E-state index contributed by atoms with van der Waals surface area (Å²) in [5, 5.41) is 3.26. The molecule has 0 unspecified atom stereocenters. The van der Waals surface area contributed by atoms with Gasteiger partial charge in [0, 0.05) is 17.4 Å². The van der Waals surface area contributed by atoms with Gasteiger partial charge in [0.25, 0.3) is 0 Å². The predicted octanol–water partition coefficient (Wildman–Crippen LogP) is 4.12. The lowest BCUT2D eigenvalue weighted by Crippen LogP contribution is -2.09. The Bertz CT molecular complexity index is 616. The van der Waals surface area contributed by atoms with Crippen LogP contribution in [0.3, 0.4) is 0 Å². The molecule has 0 bridgehead atoms. The van der Waals surface area contributed by atoms with Gasteiger partial charge < -0.3 is 10.1 Å². The van der Waals surface area contributed by atoms with Crippen LogP contribution >= 0.6 is 15.9 Å². The molecule has 0 aliphatic heterocycles. The van der Waals surface area contributed by atoms with E-state index in [0.29, 0.717) is 12.5 Å². The van der Waals surface area contributed by atoms with E-state index in [9.17, 15) is 0 Å². The number of hydrogen-bond donors (Lipinski definition) is 1. The average molecular weight is 350 g/mol. The van der Waals surface area contributed by atoms with Crippen LogP contribution in [0.1, 0.15) is 30.8 Å². The second-order valence-corrected chi connectivity index (χ2v) is 5.64. The zero-order chi connectivity index (χ0) is 15.2. The monoisotopic (exact) mass is 349 g/mol. The van der Waals surface area contributed by atoms with Crippen molar-refractivity contribution in [2.24, 2.45) is 0 Å². The van der Waals surface area contributed by atoms with Crippen molar-refractivity contribution in [2.45, 2.75) is 33.8 Å². The van der Waals surface area contributed by atoms with E-state index in [1.165, 1.54) is 0 Å². The molecule has 0 aliphatic carbocycles. The molecule has 21 heavy (non-hydrogen) atoms. The zero-order valence-electron chi connectivity index (χ0n) is 12.6. The topological polar surface area (TPSA) is 47.0 Å². The molecule has 1 aromatic carbocycles. The van der Waals surface area contributed by atoms with E-state index in [1.54, 1.807) is 0 Å². The highest BCUT2D eigenvalue weighted by Gasteiger charge is 2.11. The van der Waals surface area contributed by atoms with Gasteiger partial charge in [-0.2, -0.15) is 4.98 Å². The summed E-state index contributed by atoms with van der Waals surface area (Å²) in [6, 6.07) is 8.07. The van der Waals surface area contributed by atoms with Crippen LogP contribution in [0, 0.1) is 6.92 Å². The second-order valence-electron chi connectivity index (χ2n) is 4.72. The highest BCUT2D eigenvalue weighted by Crippen LogP contribution is 2.23. The molecule has 0 amide bonds. The molecular formula is C16H20BrN3O. The van der Waals surface area contributed by atoms with Crippen LogP contribution in [0.4, 0.5) is 5.82 Å². The van der Waals surface area contributed by atoms with Crippen LogP contribution in [0.25, 0.3) is 0 Å². The van der Waals surface area contributed by atoms with E-state index in [2.05, 4.69) is 38.1 Å². The number of benzene rings is 1. The lowest BCUT2D eigenvalue weighted by Gasteiger charge is -2.13. The number of aromatic nitrogens is 2. The normalized spacial score (nSPS) is 10.5. The molecule has 2 rings (SSSR count). The smallest absolute Gasteiger partial charge is 0.222 e. The largest absolute Gasteiger partial charge is 0.472 e. The summed E-state index contributed by atoms with van der Waals surface area (Å²) in [5.74, 6) is 2.30. The molecule has 0 fully saturated rings. The van der Waals surface area contributed by atoms with Crippen LogP contribution < -0.4 is 10.1 Å². The van der Waals surface area contributed by atoms with Crippen LogP contribution in [0.15, 0.2) is 28.7 Å². The van der Waals surface area contributed by atoms with Crippen molar-refractivity contribution in [3.63, 3.8) is 0 Å². The minimum absolute atomic E-state index is 0.492. The number of nitrogens with zero attached hydrogens (tertiary/aromatic N) is 2. The van der Waals surface area contributed by atoms with Crippen molar-refractivity contribution in [2.75, 3.05) is 11.9 Å². The van der Waals surface area contributed by atoms with Crippen molar-refractivity contribution >= 4 is 21.7 Å². The summed E-state index contributed by atoms with van der Waals surface area (Å²) in [4.78, 5) is 8.99. The Hall–Kier alpha value is -1.62. The summed E-state index contributed by atoms with van der Waals surface area (Å²) in [6.45, 7) is 7.39. The van der Waals surface area contributed by atoms with Crippen LogP contribution in [-0.4, -0.2) is 16.5 Å². The van der Waals surface area contributed by atoms with E-state index in [1.807, 2.05) is 38.1 Å². The van der Waals surface area contributed by atoms with Gasteiger partial charge in [0.15, 0.2) is 0 Å². The number of rotatable bonds is 6. The summed E-state index contributed by atoms with van der Waals surface area (Å²) < 4.78 is 6.94. The van der Waals surface area contributed by atoms with E-state index in [-0.39, 0.29) is 0 Å². The molecule has 2 aromatic rings. The van der Waals surface area contributed by atoms with Gasteiger partial charge in [-0.3, -0.25) is 0 Å². The number of nitrogens with one attached hydrogen (secondary N) is 1. The fraction of sp³-hybridized carbons (Fsp3) is 0.375. The summed E-state index contributed by atoms with van der Waals surface area (Å²) in [7, 11) is 0. The number of anilines is 1. The fourth-order valence-corrected chi connectivity index (χ4v) is 2.40. The Morgan fingerprint density at radius 2 is 2.05 bits per heavy atom. The minimum atomic E-state index is 0.492. The number of halogens is 1. The maximum Gasteiger partial charge on any atom is 0.222 e. The number of aryl methyl sites for hydroxylation is 1. The fourth-order valence-electron chi connectivity index (χ4n) is 1.96. The van der Waals surface area contributed by atoms with E-state index >= 15 is 0 Å². The van der Waals surface area contributed by atoms with Gasteiger partial charge in [-0.1, -0.05) is 35.0 Å². The van der Waals surface area contributed by atoms with E-state index < -0.39 is 0 Å². The molecule has 1 N–H and O–H groups in total. The second kappa shape index (κ2) is 7.41. The maximum absolute atomic E-state index is 5.90. The molecule has 4 nitrogen and oxygen atoms in total. The SMILES string of the molecule is CCNc1nc(CC)nc(OCc2cccc(Br)c2)c1C. The van der Waals surface area contributed by atoms with Gasteiger partial charge in [-0.25, -0.2) is 4.98 Å². The van der Waals surface area contributed by atoms with Gasteiger partial charge in [0.1, 0.15) is 18.2 Å². The minimum Gasteiger partial charge on any atom is -0.472 e. The summed E-state index contributed by atoms with van der Waals surface area (Å²) in [6.07, 6.45) is 0.784.